The van der Waals surface area contributed by atoms with Gasteiger partial charge in [0.1, 0.15) is 22.7 Å². The summed E-state index contributed by atoms with van der Waals surface area (Å²) in [7, 11) is 0. The predicted molar refractivity (Wildman–Crippen MR) is 104 cm³/mol. The summed E-state index contributed by atoms with van der Waals surface area (Å²) < 4.78 is 27.0. The summed E-state index contributed by atoms with van der Waals surface area (Å²) in [4.78, 5) is 24.8. The largest absolute Gasteiger partial charge is 0.344 e. The van der Waals surface area contributed by atoms with Crippen molar-refractivity contribution in [2.75, 3.05) is 5.32 Å². The Morgan fingerprint density at radius 3 is 2.54 bits per heavy atom. The fraction of sp³-hybridized carbons (Fsp3) is 0.474. The molecule has 1 unspecified atom stereocenters. The van der Waals surface area contributed by atoms with E-state index < -0.39 is 29.5 Å². The van der Waals surface area contributed by atoms with Crippen molar-refractivity contribution in [3.05, 3.63) is 40.4 Å². The van der Waals surface area contributed by atoms with E-state index in [0.29, 0.717) is 18.0 Å². The molecule has 2 N–H and O–H groups in total. The topological polar surface area (TPSA) is 84.0 Å². The number of halogens is 2. The van der Waals surface area contributed by atoms with Crippen molar-refractivity contribution in [2.24, 2.45) is 0 Å². The van der Waals surface area contributed by atoms with Gasteiger partial charge in [-0.3, -0.25) is 14.9 Å². The number of amides is 2. The minimum absolute atomic E-state index is 0.0629. The molecule has 0 bridgehead atoms. The molecule has 152 valence electrons. The van der Waals surface area contributed by atoms with E-state index in [2.05, 4.69) is 20.8 Å². The summed E-state index contributed by atoms with van der Waals surface area (Å²) in [6.45, 7) is 7.85. The first kappa shape index (κ1) is 21.9. The second-order valence-electron chi connectivity index (χ2n) is 7.47. The summed E-state index contributed by atoms with van der Waals surface area (Å²) in [5.74, 6) is -2.29. The Labute approximate surface area is 166 Å². The molecule has 1 heterocycles. The molecule has 6 nitrogen and oxygen atoms in total. The number of hydrogen-bond acceptors (Lipinski definition) is 5. The molecule has 9 heteroatoms. The Morgan fingerprint density at radius 1 is 1.21 bits per heavy atom. The number of benzene rings is 1. The van der Waals surface area contributed by atoms with Crippen LogP contribution in [0.2, 0.25) is 0 Å². The Balaban J connectivity index is 2.03. The van der Waals surface area contributed by atoms with Crippen LogP contribution in [-0.4, -0.2) is 28.1 Å². The van der Waals surface area contributed by atoms with Crippen molar-refractivity contribution in [1.82, 2.24) is 15.5 Å². The van der Waals surface area contributed by atoms with Gasteiger partial charge in [0, 0.05) is 11.0 Å². The van der Waals surface area contributed by atoms with Crippen LogP contribution >= 0.6 is 11.3 Å². The van der Waals surface area contributed by atoms with Crippen LogP contribution in [0.5, 0.6) is 0 Å². The lowest BCUT2D eigenvalue weighted by atomic mass is 9.98. The summed E-state index contributed by atoms with van der Waals surface area (Å²) >= 11 is 1.27. The fourth-order valence-corrected chi connectivity index (χ4v) is 3.23. The van der Waals surface area contributed by atoms with Crippen LogP contribution in [-0.2, 0) is 21.4 Å². The van der Waals surface area contributed by atoms with Crippen LogP contribution in [0.4, 0.5) is 13.9 Å². The molecule has 0 fully saturated rings. The zero-order valence-electron chi connectivity index (χ0n) is 16.3. The molecule has 1 atom stereocenters. The molecular weight excluding hydrogens is 386 g/mol. The number of hydrogen-bond donors (Lipinski definition) is 2. The number of nitrogens with one attached hydrogen (secondary N) is 2. The first-order chi connectivity index (χ1) is 13.1. The van der Waals surface area contributed by atoms with E-state index >= 15 is 0 Å². The normalized spacial score (nSPS) is 12.5. The molecule has 0 aliphatic heterocycles. The SMILES string of the molecule is CCCC(NC(=O)Cc1cc(F)ccc1F)C(=O)Nc1nnc(C(C)(C)C)s1. The van der Waals surface area contributed by atoms with Crippen molar-refractivity contribution >= 4 is 28.3 Å². The molecule has 0 aliphatic carbocycles. The molecule has 2 amide bonds. The fourth-order valence-electron chi connectivity index (χ4n) is 2.42. The lowest BCUT2D eigenvalue weighted by Crippen LogP contribution is -2.44. The Morgan fingerprint density at radius 2 is 1.93 bits per heavy atom. The van der Waals surface area contributed by atoms with Gasteiger partial charge in [-0.15, -0.1) is 10.2 Å². The molecule has 0 spiro atoms. The van der Waals surface area contributed by atoms with Gasteiger partial charge in [-0.25, -0.2) is 8.78 Å². The summed E-state index contributed by atoms with van der Waals surface area (Å²) in [6.07, 6.45) is 0.689. The minimum atomic E-state index is -0.809. The molecule has 0 radical (unpaired) electrons. The molecule has 1 aromatic carbocycles. The van der Waals surface area contributed by atoms with Gasteiger partial charge in [0.15, 0.2) is 0 Å². The molecule has 2 rings (SSSR count). The number of carbonyl (C=O) groups excluding carboxylic acids is 2. The first-order valence-electron chi connectivity index (χ1n) is 8.98. The van der Waals surface area contributed by atoms with E-state index in [9.17, 15) is 18.4 Å². The highest BCUT2D eigenvalue weighted by Crippen LogP contribution is 2.27. The van der Waals surface area contributed by atoms with Gasteiger partial charge in [-0.1, -0.05) is 45.5 Å². The number of nitrogens with zero attached hydrogens (tertiary/aromatic N) is 2. The van der Waals surface area contributed by atoms with Gasteiger partial charge in [0.2, 0.25) is 16.9 Å². The number of aromatic nitrogens is 2. The molecular formula is C19H24F2N4O2S. The molecule has 28 heavy (non-hydrogen) atoms. The van der Waals surface area contributed by atoms with E-state index in [1.54, 1.807) is 0 Å². The van der Waals surface area contributed by atoms with Crippen LogP contribution in [0.3, 0.4) is 0 Å². The zero-order valence-corrected chi connectivity index (χ0v) is 17.1. The monoisotopic (exact) mass is 410 g/mol. The van der Waals surface area contributed by atoms with Crippen LogP contribution in [0.1, 0.15) is 51.1 Å². The second-order valence-corrected chi connectivity index (χ2v) is 8.45. The average molecular weight is 410 g/mol. The van der Waals surface area contributed by atoms with Gasteiger partial charge in [-0.05, 0) is 24.6 Å². The maximum absolute atomic E-state index is 13.7. The van der Waals surface area contributed by atoms with Crippen molar-refractivity contribution in [1.29, 1.82) is 0 Å². The van der Waals surface area contributed by atoms with Gasteiger partial charge in [0.05, 0.1) is 6.42 Å². The van der Waals surface area contributed by atoms with Gasteiger partial charge >= 0.3 is 0 Å². The van der Waals surface area contributed by atoms with Crippen molar-refractivity contribution < 1.29 is 18.4 Å². The third-order valence-corrected chi connectivity index (χ3v) is 5.15. The highest BCUT2D eigenvalue weighted by atomic mass is 32.1. The van der Waals surface area contributed by atoms with Gasteiger partial charge < -0.3 is 5.32 Å². The number of rotatable bonds is 7. The number of carbonyl (C=O) groups is 2. The Bertz CT molecular complexity index is 849. The molecule has 0 aliphatic rings. The summed E-state index contributed by atoms with van der Waals surface area (Å²) in [5, 5.41) is 14.4. The van der Waals surface area contributed by atoms with E-state index in [4.69, 9.17) is 0 Å². The Hall–Kier alpha value is -2.42. The van der Waals surface area contributed by atoms with Crippen molar-refractivity contribution in [2.45, 2.75) is 58.4 Å². The van der Waals surface area contributed by atoms with Crippen LogP contribution in [0.15, 0.2) is 18.2 Å². The Kier molecular flexibility index (Phi) is 7.17. The lowest BCUT2D eigenvalue weighted by Gasteiger charge is -2.17. The smallest absolute Gasteiger partial charge is 0.248 e. The molecule has 0 saturated heterocycles. The van der Waals surface area contributed by atoms with E-state index in [-0.39, 0.29) is 17.4 Å². The maximum atomic E-state index is 13.7. The van der Waals surface area contributed by atoms with Crippen LogP contribution in [0, 0.1) is 11.6 Å². The molecule has 2 aromatic rings. The lowest BCUT2D eigenvalue weighted by molar-refractivity contribution is -0.126. The molecule has 1 aromatic heterocycles. The first-order valence-corrected chi connectivity index (χ1v) is 9.80. The van der Waals surface area contributed by atoms with Gasteiger partial charge in [0.25, 0.3) is 0 Å². The van der Waals surface area contributed by atoms with E-state index in [1.807, 2.05) is 27.7 Å². The summed E-state index contributed by atoms with van der Waals surface area (Å²) in [6, 6.07) is 2.11. The average Bonchev–Trinajstić information content (AvgIpc) is 3.06. The molecule has 0 saturated carbocycles. The third-order valence-electron chi connectivity index (χ3n) is 3.88. The standard InChI is InChI=1S/C19H24F2N4O2S/c1-5-6-14(16(27)23-18-25-24-17(28-18)19(2,3)4)22-15(26)10-11-9-12(20)7-8-13(11)21/h7-9,14H,5-6,10H2,1-4H3,(H,22,26)(H,23,25,27). The quantitative estimate of drug-likeness (QED) is 0.731. The zero-order chi connectivity index (χ0) is 20.9. The highest BCUT2D eigenvalue weighted by Gasteiger charge is 2.24. The maximum Gasteiger partial charge on any atom is 0.248 e. The minimum Gasteiger partial charge on any atom is -0.344 e. The predicted octanol–water partition coefficient (Wildman–Crippen LogP) is 3.58. The van der Waals surface area contributed by atoms with Crippen LogP contribution in [0.25, 0.3) is 0 Å². The van der Waals surface area contributed by atoms with Gasteiger partial charge in [-0.2, -0.15) is 0 Å². The highest BCUT2D eigenvalue weighted by molar-refractivity contribution is 7.15. The van der Waals surface area contributed by atoms with E-state index in [0.717, 1.165) is 23.2 Å². The van der Waals surface area contributed by atoms with Crippen molar-refractivity contribution in [3.8, 4) is 0 Å². The van der Waals surface area contributed by atoms with E-state index in [1.165, 1.54) is 11.3 Å². The van der Waals surface area contributed by atoms with Crippen molar-refractivity contribution in [3.63, 3.8) is 0 Å². The second kappa shape index (κ2) is 9.18. The third kappa shape index (κ3) is 6.05. The van der Waals surface area contributed by atoms with Crippen LogP contribution < -0.4 is 10.6 Å². The summed E-state index contributed by atoms with van der Waals surface area (Å²) in [5.41, 5.74) is -0.251. The number of anilines is 1.